The van der Waals surface area contributed by atoms with Gasteiger partial charge in [-0.3, -0.25) is 4.79 Å². The first kappa shape index (κ1) is 25.1. The normalized spacial score (nSPS) is 10.9. The Balaban J connectivity index is 1.37. The van der Waals surface area contributed by atoms with Crippen molar-refractivity contribution in [1.29, 1.82) is 0 Å². The van der Waals surface area contributed by atoms with Gasteiger partial charge in [0.1, 0.15) is 18.2 Å². The Morgan fingerprint density at radius 1 is 0.944 bits per heavy atom. The average Bonchev–Trinajstić information content (AvgIpc) is 3.24. The fraction of sp³-hybridized carbons (Fsp3) is 0.310. The Bertz CT molecular complexity index is 1350. The Labute approximate surface area is 212 Å². The lowest BCUT2D eigenvalue weighted by molar-refractivity contribution is 0.0952. The number of amides is 1. The summed E-state index contributed by atoms with van der Waals surface area (Å²) in [7, 11) is 3.12. The molecule has 0 aliphatic rings. The minimum absolute atomic E-state index is 0.147. The summed E-state index contributed by atoms with van der Waals surface area (Å²) in [5.74, 6) is 2.87. The maximum absolute atomic E-state index is 12.6. The van der Waals surface area contributed by atoms with Crippen molar-refractivity contribution in [2.45, 2.75) is 33.2 Å². The first-order valence-corrected chi connectivity index (χ1v) is 12.1. The van der Waals surface area contributed by atoms with Crippen LogP contribution in [0.2, 0.25) is 0 Å². The monoisotopic (exact) mass is 487 g/mol. The molecule has 3 aromatic carbocycles. The van der Waals surface area contributed by atoms with Crippen molar-refractivity contribution >= 4 is 16.9 Å². The Morgan fingerprint density at radius 2 is 1.72 bits per heavy atom. The largest absolute Gasteiger partial charge is 0.493 e. The predicted molar refractivity (Wildman–Crippen MR) is 141 cm³/mol. The fourth-order valence-corrected chi connectivity index (χ4v) is 4.30. The summed E-state index contributed by atoms with van der Waals surface area (Å²) in [5, 5.41) is 2.99. The quantitative estimate of drug-likeness (QED) is 0.298. The third-order valence-electron chi connectivity index (χ3n) is 6.14. The summed E-state index contributed by atoms with van der Waals surface area (Å²) in [6, 6.07) is 19.5. The van der Waals surface area contributed by atoms with Gasteiger partial charge in [-0.05, 0) is 62.2 Å². The smallest absolute Gasteiger partial charge is 0.251 e. The van der Waals surface area contributed by atoms with Crippen LogP contribution in [-0.4, -0.2) is 42.8 Å². The van der Waals surface area contributed by atoms with Crippen molar-refractivity contribution in [2.24, 2.45) is 0 Å². The highest BCUT2D eigenvalue weighted by atomic mass is 16.5. The molecule has 1 amide bonds. The first-order chi connectivity index (χ1) is 17.5. The van der Waals surface area contributed by atoms with Crippen molar-refractivity contribution in [3.8, 4) is 17.2 Å². The average molecular weight is 488 g/mol. The van der Waals surface area contributed by atoms with Gasteiger partial charge in [0.15, 0.2) is 11.5 Å². The van der Waals surface area contributed by atoms with Gasteiger partial charge < -0.3 is 24.1 Å². The van der Waals surface area contributed by atoms with Crippen LogP contribution in [0, 0.1) is 13.8 Å². The number of aromatic nitrogens is 2. The van der Waals surface area contributed by atoms with E-state index >= 15 is 0 Å². The van der Waals surface area contributed by atoms with Crippen LogP contribution in [0.25, 0.3) is 11.0 Å². The topological polar surface area (TPSA) is 74.6 Å². The number of hydrogen-bond acceptors (Lipinski definition) is 5. The van der Waals surface area contributed by atoms with E-state index in [0.717, 1.165) is 41.0 Å². The van der Waals surface area contributed by atoms with Crippen LogP contribution in [0.3, 0.4) is 0 Å². The maximum Gasteiger partial charge on any atom is 0.251 e. The van der Waals surface area contributed by atoms with E-state index in [4.69, 9.17) is 19.2 Å². The van der Waals surface area contributed by atoms with E-state index in [1.807, 2.05) is 24.3 Å². The van der Waals surface area contributed by atoms with Crippen molar-refractivity contribution < 1.29 is 19.0 Å². The molecule has 0 saturated heterocycles. The molecule has 0 radical (unpaired) electrons. The van der Waals surface area contributed by atoms with Crippen molar-refractivity contribution in [2.75, 3.05) is 27.4 Å². The Kier molecular flexibility index (Phi) is 8.10. The van der Waals surface area contributed by atoms with E-state index in [-0.39, 0.29) is 5.91 Å². The minimum Gasteiger partial charge on any atom is -0.493 e. The van der Waals surface area contributed by atoms with E-state index in [0.29, 0.717) is 36.8 Å². The highest BCUT2D eigenvalue weighted by Gasteiger charge is 2.13. The number of imidazole rings is 1. The van der Waals surface area contributed by atoms with Gasteiger partial charge >= 0.3 is 0 Å². The van der Waals surface area contributed by atoms with Crippen LogP contribution in [0.4, 0.5) is 0 Å². The molecule has 0 unspecified atom stereocenters. The van der Waals surface area contributed by atoms with Gasteiger partial charge in [0, 0.05) is 18.5 Å². The number of nitrogens with one attached hydrogen (secondary N) is 1. The van der Waals surface area contributed by atoms with Crippen molar-refractivity contribution in [3.63, 3.8) is 0 Å². The van der Waals surface area contributed by atoms with Crippen LogP contribution < -0.4 is 19.5 Å². The number of carbonyl (C=O) groups excluding carboxylic acids is 1. The lowest BCUT2D eigenvalue weighted by atomic mass is 10.1. The summed E-state index contributed by atoms with van der Waals surface area (Å²) >= 11 is 0. The second-order valence-electron chi connectivity index (χ2n) is 8.72. The van der Waals surface area contributed by atoms with E-state index in [1.54, 1.807) is 32.4 Å². The molecular weight excluding hydrogens is 454 g/mol. The number of para-hydroxylation sites is 2. The standard InChI is InChI=1S/C29H33N3O4/c1-20-11-13-25(21(2)18-20)36-17-16-32-24-9-6-5-8-23(24)31-28(32)10-7-15-30-29(33)22-12-14-26(34-3)27(19-22)35-4/h5-6,8-9,11-14,18-19H,7,10,15-17H2,1-4H3,(H,30,33). The number of hydrogen-bond donors (Lipinski definition) is 1. The molecule has 0 bridgehead atoms. The number of ether oxygens (including phenoxy) is 3. The number of fused-ring (bicyclic) bond motifs is 1. The second-order valence-corrected chi connectivity index (χ2v) is 8.72. The van der Waals surface area contributed by atoms with Crippen molar-refractivity contribution in [1.82, 2.24) is 14.9 Å². The molecule has 4 aromatic rings. The SMILES string of the molecule is COc1ccc(C(=O)NCCCc2nc3ccccc3n2CCOc2ccc(C)cc2C)cc1OC. The molecule has 0 spiro atoms. The lowest BCUT2D eigenvalue weighted by Gasteiger charge is -2.13. The molecule has 4 rings (SSSR count). The zero-order valence-corrected chi connectivity index (χ0v) is 21.3. The molecule has 36 heavy (non-hydrogen) atoms. The number of methoxy groups -OCH3 is 2. The third-order valence-corrected chi connectivity index (χ3v) is 6.14. The van der Waals surface area contributed by atoms with Crippen LogP contribution in [0.5, 0.6) is 17.2 Å². The molecule has 1 aromatic heterocycles. The molecule has 0 saturated carbocycles. The molecule has 1 heterocycles. The van der Waals surface area contributed by atoms with Gasteiger partial charge in [0.2, 0.25) is 0 Å². The molecule has 0 aliphatic heterocycles. The van der Waals surface area contributed by atoms with E-state index in [9.17, 15) is 4.79 Å². The summed E-state index contributed by atoms with van der Waals surface area (Å²) < 4.78 is 18.8. The van der Waals surface area contributed by atoms with Crippen LogP contribution in [-0.2, 0) is 13.0 Å². The first-order valence-electron chi connectivity index (χ1n) is 12.1. The van der Waals surface area contributed by atoms with Gasteiger partial charge in [-0.1, -0.05) is 29.8 Å². The molecule has 7 nitrogen and oxygen atoms in total. The number of nitrogens with zero attached hydrogens (tertiary/aromatic N) is 2. The minimum atomic E-state index is -0.147. The second kappa shape index (κ2) is 11.6. The zero-order valence-electron chi connectivity index (χ0n) is 21.3. The maximum atomic E-state index is 12.6. The molecule has 0 atom stereocenters. The van der Waals surface area contributed by atoms with Gasteiger partial charge in [-0.25, -0.2) is 4.98 Å². The van der Waals surface area contributed by atoms with Gasteiger partial charge in [-0.2, -0.15) is 0 Å². The van der Waals surface area contributed by atoms with Crippen LogP contribution >= 0.6 is 0 Å². The summed E-state index contributed by atoms with van der Waals surface area (Å²) in [5.41, 5.74) is 4.94. The van der Waals surface area contributed by atoms with Gasteiger partial charge in [0.05, 0.1) is 31.8 Å². The number of carbonyl (C=O) groups is 1. The number of aryl methyl sites for hydroxylation is 3. The molecule has 188 valence electrons. The Morgan fingerprint density at radius 3 is 2.50 bits per heavy atom. The zero-order chi connectivity index (χ0) is 25.5. The Hall–Kier alpha value is -4.00. The highest BCUT2D eigenvalue weighted by molar-refractivity contribution is 5.94. The van der Waals surface area contributed by atoms with Gasteiger partial charge in [0.25, 0.3) is 5.91 Å². The van der Waals surface area contributed by atoms with E-state index in [2.05, 4.69) is 41.9 Å². The molecule has 0 fully saturated rings. The van der Waals surface area contributed by atoms with Crippen molar-refractivity contribution in [3.05, 3.63) is 83.2 Å². The van der Waals surface area contributed by atoms with Crippen LogP contribution in [0.1, 0.15) is 33.7 Å². The lowest BCUT2D eigenvalue weighted by Crippen LogP contribution is -2.25. The third kappa shape index (κ3) is 5.79. The number of benzene rings is 3. The van der Waals surface area contributed by atoms with Gasteiger partial charge in [-0.15, -0.1) is 0 Å². The highest BCUT2D eigenvalue weighted by Crippen LogP contribution is 2.27. The molecule has 0 aliphatic carbocycles. The van der Waals surface area contributed by atoms with Crippen LogP contribution in [0.15, 0.2) is 60.7 Å². The summed E-state index contributed by atoms with van der Waals surface area (Å²) in [6.07, 6.45) is 1.50. The van der Waals surface area contributed by atoms with E-state index in [1.165, 1.54) is 5.56 Å². The molecule has 7 heteroatoms. The molecule has 1 N–H and O–H groups in total. The summed E-state index contributed by atoms with van der Waals surface area (Å²) in [4.78, 5) is 17.5. The number of rotatable bonds is 11. The fourth-order valence-electron chi connectivity index (χ4n) is 4.30. The summed E-state index contributed by atoms with van der Waals surface area (Å²) in [6.45, 7) is 5.93. The predicted octanol–water partition coefficient (Wildman–Crippen LogP) is 5.11. The van der Waals surface area contributed by atoms with E-state index < -0.39 is 0 Å². The molecular formula is C29H33N3O4.